The molecule has 3 aromatic rings. The van der Waals surface area contributed by atoms with Gasteiger partial charge in [0, 0.05) is 37.6 Å². The zero-order valence-electron chi connectivity index (χ0n) is 13.6. The van der Waals surface area contributed by atoms with Crippen LogP contribution >= 0.6 is 11.6 Å². The molecule has 2 aromatic heterocycles. The van der Waals surface area contributed by atoms with E-state index in [2.05, 4.69) is 32.1 Å². The van der Waals surface area contributed by atoms with Crippen LogP contribution < -0.4 is 4.90 Å². The molecular formula is C18H19ClN4O. The Morgan fingerprint density at radius 2 is 1.92 bits per heavy atom. The van der Waals surface area contributed by atoms with Gasteiger partial charge in [-0.2, -0.15) is 0 Å². The third kappa shape index (κ3) is 3.09. The van der Waals surface area contributed by atoms with Gasteiger partial charge in [-0.15, -0.1) is 0 Å². The van der Waals surface area contributed by atoms with Crippen molar-refractivity contribution in [2.75, 3.05) is 31.1 Å². The summed E-state index contributed by atoms with van der Waals surface area (Å²) in [5.74, 6) is 1.88. The second-order valence-electron chi connectivity index (χ2n) is 6.19. The van der Waals surface area contributed by atoms with Gasteiger partial charge in [0.2, 0.25) is 0 Å². The van der Waals surface area contributed by atoms with Crippen LogP contribution in [0.5, 0.6) is 0 Å². The topological polar surface area (TPSA) is 45.4 Å². The summed E-state index contributed by atoms with van der Waals surface area (Å²) < 4.78 is 5.31. The van der Waals surface area contributed by atoms with Gasteiger partial charge in [0.15, 0.2) is 5.76 Å². The lowest BCUT2D eigenvalue weighted by Crippen LogP contribution is -2.46. The molecule has 5 nitrogen and oxygen atoms in total. The summed E-state index contributed by atoms with van der Waals surface area (Å²) in [5, 5.41) is 6.65. The molecule has 1 aliphatic rings. The average molecular weight is 343 g/mol. The van der Waals surface area contributed by atoms with E-state index in [4.69, 9.17) is 16.1 Å². The van der Waals surface area contributed by atoms with Crippen LogP contribution in [0.2, 0.25) is 5.15 Å². The number of hydrogen-bond acceptors (Lipinski definition) is 5. The predicted octanol–water partition coefficient (Wildman–Crippen LogP) is 3.51. The molecule has 1 fully saturated rings. The van der Waals surface area contributed by atoms with E-state index < -0.39 is 0 Å². The molecule has 0 saturated carbocycles. The molecule has 0 atom stereocenters. The molecule has 0 bridgehead atoms. The summed E-state index contributed by atoms with van der Waals surface area (Å²) in [5.41, 5.74) is 0.929. The molecule has 1 aromatic carbocycles. The number of rotatable bonds is 3. The van der Waals surface area contributed by atoms with Crippen molar-refractivity contribution in [3.63, 3.8) is 0 Å². The van der Waals surface area contributed by atoms with E-state index in [1.165, 1.54) is 0 Å². The molecule has 1 saturated heterocycles. The van der Waals surface area contributed by atoms with Crippen molar-refractivity contribution < 1.29 is 4.52 Å². The number of piperazine rings is 1. The molecule has 0 spiro atoms. The summed E-state index contributed by atoms with van der Waals surface area (Å²) in [6, 6.07) is 12.2. The van der Waals surface area contributed by atoms with Crippen molar-refractivity contribution >= 4 is 28.2 Å². The van der Waals surface area contributed by atoms with Gasteiger partial charge >= 0.3 is 0 Å². The highest BCUT2D eigenvalue weighted by molar-refractivity contribution is 6.34. The van der Waals surface area contributed by atoms with Gasteiger partial charge in [-0.1, -0.05) is 41.0 Å². The minimum atomic E-state index is 0.572. The van der Waals surface area contributed by atoms with Crippen LogP contribution in [0.15, 0.2) is 40.9 Å². The van der Waals surface area contributed by atoms with E-state index in [9.17, 15) is 0 Å². The van der Waals surface area contributed by atoms with Crippen molar-refractivity contribution in [1.29, 1.82) is 0 Å². The zero-order valence-corrected chi connectivity index (χ0v) is 14.3. The number of pyridine rings is 1. The second kappa shape index (κ2) is 6.42. The number of hydrogen-bond donors (Lipinski definition) is 0. The highest BCUT2D eigenvalue weighted by Crippen LogP contribution is 2.27. The number of aromatic nitrogens is 2. The third-order valence-electron chi connectivity index (χ3n) is 4.43. The van der Waals surface area contributed by atoms with Crippen molar-refractivity contribution in [2.45, 2.75) is 13.5 Å². The Kier molecular flexibility index (Phi) is 4.12. The molecule has 0 amide bonds. The van der Waals surface area contributed by atoms with Gasteiger partial charge in [-0.05, 0) is 18.4 Å². The smallest absolute Gasteiger partial charge is 0.150 e. The Hall–Kier alpha value is -2.11. The predicted molar refractivity (Wildman–Crippen MR) is 95.5 cm³/mol. The van der Waals surface area contributed by atoms with E-state index in [1.807, 2.05) is 31.2 Å². The molecule has 4 rings (SSSR count). The first-order valence-electron chi connectivity index (χ1n) is 8.14. The summed E-state index contributed by atoms with van der Waals surface area (Å²) >= 11 is 6.35. The SMILES string of the molecule is Cc1cc(CN2CCN(c3cc4ccccc4c(Cl)n3)CC2)on1. The maximum absolute atomic E-state index is 6.35. The van der Waals surface area contributed by atoms with Gasteiger partial charge in [-0.3, -0.25) is 4.90 Å². The zero-order chi connectivity index (χ0) is 16.5. The van der Waals surface area contributed by atoms with E-state index in [0.29, 0.717) is 5.15 Å². The lowest BCUT2D eigenvalue weighted by molar-refractivity contribution is 0.219. The Morgan fingerprint density at radius 3 is 2.67 bits per heavy atom. The first-order valence-corrected chi connectivity index (χ1v) is 8.51. The number of aryl methyl sites for hydroxylation is 1. The summed E-state index contributed by atoms with van der Waals surface area (Å²) in [4.78, 5) is 9.25. The molecule has 3 heterocycles. The normalized spacial score (nSPS) is 16.0. The van der Waals surface area contributed by atoms with E-state index >= 15 is 0 Å². The number of benzene rings is 1. The van der Waals surface area contributed by atoms with Crippen molar-refractivity contribution in [2.24, 2.45) is 0 Å². The molecule has 124 valence electrons. The fraction of sp³-hybridized carbons (Fsp3) is 0.333. The van der Waals surface area contributed by atoms with Crippen LogP contribution in [0.4, 0.5) is 5.82 Å². The Balaban J connectivity index is 1.45. The fourth-order valence-corrected chi connectivity index (χ4v) is 3.41. The summed E-state index contributed by atoms with van der Waals surface area (Å²) in [7, 11) is 0. The van der Waals surface area contributed by atoms with Crippen molar-refractivity contribution in [1.82, 2.24) is 15.0 Å². The van der Waals surface area contributed by atoms with Crippen molar-refractivity contribution in [3.05, 3.63) is 53.0 Å². The Bertz CT molecular complexity index is 855. The Morgan fingerprint density at radius 1 is 1.12 bits per heavy atom. The lowest BCUT2D eigenvalue weighted by atomic mass is 10.1. The van der Waals surface area contributed by atoms with E-state index in [0.717, 1.165) is 60.8 Å². The Labute approximate surface area is 145 Å². The number of halogens is 1. The number of fused-ring (bicyclic) bond motifs is 1. The third-order valence-corrected chi connectivity index (χ3v) is 4.72. The minimum Gasteiger partial charge on any atom is -0.360 e. The van der Waals surface area contributed by atoms with Crippen LogP contribution in [0, 0.1) is 6.92 Å². The molecule has 0 aliphatic carbocycles. The number of anilines is 1. The molecule has 1 aliphatic heterocycles. The van der Waals surface area contributed by atoms with Crippen LogP contribution in [0.1, 0.15) is 11.5 Å². The minimum absolute atomic E-state index is 0.572. The summed E-state index contributed by atoms with van der Waals surface area (Å²) in [6.45, 7) is 6.53. The second-order valence-corrected chi connectivity index (χ2v) is 6.55. The standard InChI is InChI=1S/C18H19ClN4O/c1-13-10-15(24-21-13)12-22-6-8-23(9-7-22)17-11-14-4-2-3-5-16(14)18(19)20-17/h2-5,10-11H,6-9,12H2,1H3. The fourth-order valence-electron chi connectivity index (χ4n) is 3.15. The van der Waals surface area contributed by atoms with Gasteiger partial charge < -0.3 is 9.42 Å². The largest absolute Gasteiger partial charge is 0.360 e. The van der Waals surface area contributed by atoms with Gasteiger partial charge in [0.25, 0.3) is 0 Å². The first-order chi connectivity index (χ1) is 11.7. The molecule has 6 heteroatoms. The van der Waals surface area contributed by atoms with Crippen LogP contribution in [-0.4, -0.2) is 41.2 Å². The highest BCUT2D eigenvalue weighted by atomic mass is 35.5. The molecular weight excluding hydrogens is 324 g/mol. The van der Waals surface area contributed by atoms with Gasteiger partial charge in [0.1, 0.15) is 11.0 Å². The van der Waals surface area contributed by atoms with Gasteiger partial charge in [0.05, 0.1) is 12.2 Å². The summed E-state index contributed by atoms with van der Waals surface area (Å²) in [6.07, 6.45) is 0. The van der Waals surface area contributed by atoms with Crippen LogP contribution in [-0.2, 0) is 6.54 Å². The van der Waals surface area contributed by atoms with Crippen molar-refractivity contribution in [3.8, 4) is 0 Å². The number of nitrogens with zero attached hydrogens (tertiary/aromatic N) is 4. The molecule has 0 N–H and O–H groups in total. The molecule has 0 unspecified atom stereocenters. The monoisotopic (exact) mass is 342 g/mol. The van der Waals surface area contributed by atoms with Gasteiger partial charge in [-0.25, -0.2) is 4.98 Å². The first kappa shape index (κ1) is 15.4. The van der Waals surface area contributed by atoms with Crippen LogP contribution in [0.3, 0.4) is 0 Å². The molecule has 0 radical (unpaired) electrons. The maximum Gasteiger partial charge on any atom is 0.150 e. The quantitative estimate of drug-likeness (QED) is 0.682. The van der Waals surface area contributed by atoms with E-state index in [1.54, 1.807) is 0 Å². The van der Waals surface area contributed by atoms with E-state index in [-0.39, 0.29) is 0 Å². The van der Waals surface area contributed by atoms with Crippen LogP contribution in [0.25, 0.3) is 10.8 Å². The average Bonchev–Trinajstić information content (AvgIpc) is 3.00. The maximum atomic E-state index is 6.35. The molecule has 24 heavy (non-hydrogen) atoms. The lowest BCUT2D eigenvalue weighted by Gasteiger charge is -2.35. The highest BCUT2D eigenvalue weighted by Gasteiger charge is 2.20.